The Morgan fingerprint density at radius 1 is 1.35 bits per heavy atom. The minimum Gasteiger partial charge on any atom is -0.384 e. The summed E-state index contributed by atoms with van der Waals surface area (Å²) in [7, 11) is 0. The van der Waals surface area contributed by atoms with Crippen LogP contribution in [0.25, 0.3) is 0 Å². The van der Waals surface area contributed by atoms with Gasteiger partial charge in [0.25, 0.3) is 0 Å². The molecule has 2 aliphatic rings. The second-order valence-corrected chi connectivity index (χ2v) is 6.17. The molecule has 1 unspecified atom stereocenters. The third kappa shape index (κ3) is 2.40. The number of likely N-dealkylation sites (tertiary alicyclic amines) is 1. The summed E-state index contributed by atoms with van der Waals surface area (Å²) in [6, 6.07) is 2.42. The molecule has 5 nitrogen and oxygen atoms in total. The number of nitrogens with zero attached hydrogens (tertiary/aromatic N) is 3. The van der Waals surface area contributed by atoms with Gasteiger partial charge in [-0.25, -0.2) is 9.97 Å². The first kappa shape index (κ1) is 13.8. The molecule has 0 aromatic carbocycles. The van der Waals surface area contributed by atoms with Gasteiger partial charge in [-0.1, -0.05) is 0 Å². The molecule has 0 aliphatic carbocycles. The van der Waals surface area contributed by atoms with Gasteiger partial charge in [0.2, 0.25) is 0 Å². The zero-order chi connectivity index (χ0) is 14.2. The molecule has 110 valence electrons. The molecular formula is C15H24N4O. The van der Waals surface area contributed by atoms with Crippen LogP contribution in [0.15, 0.2) is 6.07 Å². The Morgan fingerprint density at radius 2 is 2.10 bits per heavy atom. The Bertz CT molecular complexity index is 467. The molecule has 3 rings (SSSR count). The van der Waals surface area contributed by atoms with Crippen molar-refractivity contribution in [3.05, 3.63) is 17.6 Å². The molecule has 0 saturated carbocycles. The summed E-state index contributed by atoms with van der Waals surface area (Å²) in [6.45, 7) is 7.11. The van der Waals surface area contributed by atoms with Crippen molar-refractivity contribution in [2.24, 2.45) is 0 Å². The van der Waals surface area contributed by atoms with Crippen molar-refractivity contribution in [3.63, 3.8) is 0 Å². The Kier molecular flexibility index (Phi) is 3.65. The molecule has 0 spiro atoms. The maximum Gasteiger partial charge on any atom is 0.150 e. The van der Waals surface area contributed by atoms with E-state index in [1.165, 1.54) is 6.42 Å². The van der Waals surface area contributed by atoms with Crippen molar-refractivity contribution < 1.29 is 4.74 Å². The fourth-order valence-electron chi connectivity index (χ4n) is 3.64. The number of aromatic nitrogens is 2. The van der Waals surface area contributed by atoms with E-state index >= 15 is 0 Å². The maximum atomic E-state index is 5.92. The molecule has 2 fully saturated rings. The van der Waals surface area contributed by atoms with E-state index in [4.69, 9.17) is 10.5 Å². The van der Waals surface area contributed by atoms with Crippen molar-refractivity contribution in [1.82, 2.24) is 14.9 Å². The van der Waals surface area contributed by atoms with Gasteiger partial charge in [0.15, 0.2) is 5.82 Å². The Hall–Kier alpha value is -1.20. The molecule has 20 heavy (non-hydrogen) atoms. The second kappa shape index (κ2) is 5.30. The first-order valence-electron chi connectivity index (χ1n) is 7.56. The maximum absolute atomic E-state index is 5.92. The summed E-state index contributed by atoms with van der Waals surface area (Å²) in [5, 5.41) is 0. The van der Waals surface area contributed by atoms with Gasteiger partial charge >= 0.3 is 0 Å². The van der Waals surface area contributed by atoms with Gasteiger partial charge in [0, 0.05) is 31.0 Å². The third-order valence-electron chi connectivity index (χ3n) is 4.68. The first-order valence-corrected chi connectivity index (χ1v) is 7.56. The van der Waals surface area contributed by atoms with Crippen molar-refractivity contribution in [2.45, 2.75) is 51.1 Å². The lowest BCUT2D eigenvalue weighted by Gasteiger charge is -2.41. The Labute approximate surface area is 120 Å². The van der Waals surface area contributed by atoms with Gasteiger partial charge in [-0.2, -0.15) is 0 Å². The van der Waals surface area contributed by atoms with E-state index in [0.717, 1.165) is 50.5 Å². The summed E-state index contributed by atoms with van der Waals surface area (Å²) in [5.41, 5.74) is 6.79. The lowest BCUT2D eigenvalue weighted by Crippen LogP contribution is -2.48. The van der Waals surface area contributed by atoms with Gasteiger partial charge in [0.1, 0.15) is 5.82 Å². The van der Waals surface area contributed by atoms with Crippen LogP contribution in [-0.2, 0) is 10.3 Å². The highest BCUT2D eigenvalue weighted by molar-refractivity contribution is 5.31. The largest absolute Gasteiger partial charge is 0.384 e. The first-order chi connectivity index (χ1) is 9.59. The minimum absolute atomic E-state index is 0.0812. The standard InChI is InChI=1S/C15H24N4O/c1-11-10-13(16)18-14(17-11)15(2)6-3-7-19(15)12-4-8-20-9-5-12/h10,12H,3-9H2,1-2H3,(H2,16,17,18). The number of nitrogens with two attached hydrogens (primary N) is 1. The SMILES string of the molecule is Cc1cc(N)nc(C2(C)CCCN2C2CCOCC2)n1. The number of aryl methyl sites for hydroxylation is 1. The average Bonchev–Trinajstić information content (AvgIpc) is 2.82. The van der Waals surface area contributed by atoms with E-state index in [1.54, 1.807) is 0 Å². The molecule has 1 aromatic heterocycles. The topological polar surface area (TPSA) is 64.3 Å². The molecular weight excluding hydrogens is 252 g/mol. The fraction of sp³-hybridized carbons (Fsp3) is 0.733. The van der Waals surface area contributed by atoms with Crippen molar-refractivity contribution in [3.8, 4) is 0 Å². The van der Waals surface area contributed by atoms with Crippen LogP contribution in [0, 0.1) is 6.92 Å². The molecule has 0 bridgehead atoms. The molecule has 2 aliphatic heterocycles. The molecule has 1 aromatic rings. The molecule has 0 amide bonds. The van der Waals surface area contributed by atoms with E-state index in [-0.39, 0.29) is 5.54 Å². The number of nitrogen functional groups attached to an aromatic ring is 1. The van der Waals surface area contributed by atoms with E-state index in [1.807, 2.05) is 13.0 Å². The van der Waals surface area contributed by atoms with Crippen molar-refractivity contribution >= 4 is 5.82 Å². The lowest BCUT2D eigenvalue weighted by molar-refractivity contribution is 0.00201. The predicted octanol–water partition coefficient (Wildman–Crippen LogP) is 1.86. The predicted molar refractivity (Wildman–Crippen MR) is 78.3 cm³/mol. The summed E-state index contributed by atoms with van der Waals surface area (Å²) in [4.78, 5) is 11.8. The van der Waals surface area contributed by atoms with Crippen LogP contribution in [0.2, 0.25) is 0 Å². The molecule has 1 atom stereocenters. The van der Waals surface area contributed by atoms with Crippen LogP contribution in [0.4, 0.5) is 5.82 Å². The van der Waals surface area contributed by atoms with Crippen LogP contribution in [-0.4, -0.2) is 40.7 Å². The van der Waals surface area contributed by atoms with Crippen LogP contribution in [0.5, 0.6) is 0 Å². The lowest BCUT2D eigenvalue weighted by atomic mass is 9.94. The van der Waals surface area contributed by atoms with Crippen LogP contribution < -0.4 is 5.73 Å². The fourth-order valence-corrected chi connectivity index (χ4v) is 3.64. The zero-order valence-corrected chi connectivity index (χ0v) is 12.4. The highest BCUT2D eigenvalue weighted by Crippen LogP contribution is 2.40. The van der Waals surface area contributed by atoms with Crippen molar-refractivity contribution in [1.29, 1.82) is 0 Å². The van der Waals surface area contributed by atoms with Gasteiger partial charge in [-0.05, 0) is 46.1 Å². The third-order valence-corrected chi connectivity index (χ3v) is 4.68. The minimum atomic E-state index is -0.0812. The van der Waals surface area contributed by atoms with Gasteiger partial charge < -0.3 is 10.5 Å². The molecule has 5 heteroatoms. The molecule has 2 saturated heterocycles. The summed E-state index contributed by atoms with van der Waals surface area (Å²) in [5.74, 6) is 1.46. The number of ether oxygens (including phenoxy) is 1. The number of anilines is 1. The summed E-state index contributed by atoms with van der Waals surface area (Å²) < 4.78 is 5.49. The molecule has 3 heterocycles. The van der Waals surface area contributed by atoms with Gasteiger partial charge in [0.05, 0.1) is 5.54 Å². The van der Waals surface area contributed by atoms with Crippen LogP contribution >= 0.6 is 0 Å². The van der Waals surface area contributed by atoms with E-state index < -0.39 is 0 Å². The highest BCUT2D eigenvalue weighted by atomic mass is 16.5. The highest BCUT2D eigenvalue weighted by Gasteiger charge is 2.44. The monoisotopic (exact) mass is 276 g/mol. The van der Waals surface area contributed by atoms with Crippen LogP contribution in [0.1, 0.15) is 44.1 Å². The zero-order valence-electron chi connectivity index (χ0n) is 12.4. The summed E-state index contributed by atoms with van der Waals surface area (Å²) in [6.07, 6.45) is 4.52. The second-order valence-electron chi connectivity index (χ2n) is 6.17. The quantitative estimate of drug-likeness (QED) is 0.893. The van der Waals surface area contributed by atoms with Gasteiger partial charge in [-0.15, -0.1) is 0 Å². The normalized spacial score (nSPS) is 28.9. The number of hydrogen-bond donors (Lipinski definition) is 1. The van der Waals surface area contributed by atoms with E-state index in [0.29, 0.717) is 11.9 Å². The van der Waals surface area contributed by atoms with E-state index in [2.05, 4.69) is 21.8 Å². The summed E-state index contributed by atoms with van der Waals surface area (Å²) >= 11 is 0. The van der Waals surface area contributed by atoms with Crippen LogP contribution in [0.3, 0.4) is 0 Å². The van der Waals surface area contributed by atoms with Gasteiger partial charge in [-0.3, -0.25) is 4.90 Å². The Balaban J connectivity index is 1.91. The molecule has 2 N–H and O–H groups in total. The Morgan fingerprint density at radius 3 is 2.80 bits per heavy atom. The number of hydrogen-bond acceptors (Lipinski definition) is 5. The number of rotatable bonds is 2. The molecule has 0 radical (unpaired) electrons. The average molecular weight is 276 g/mol. The smallest absolute Gasteiger partial charge is 0.150 e. The van der Waals surface area contributed by atoms with Crippen molar-refractivity contribution in [2.75, 3.05) is 25.5 Å². The van der Waals surface area contributed by atoms with E-state index in [9.17, 15) is 0 Å².